The van der Waals surface area contributed by atoms with Crippen molar-refractivity contribution in [2.45, 2.75) is 175 Å². The van der Waals surface area contributed by atoms with E-state index >= 15 is 0 Å². The van der Waals surface area contributed by atoms with Crippen LogP contribution in [0.5, 0.6) is 0 Å². The van der Waals surface area contributed by atoms with Crippen molar-refractivity contribution in [3.63, 3.8) is 0 Å². The van der Waals surface area contributed by atoms with Crippen molar-refractivity contribution in [2.24, 2.45) is 16.2 Å². The highest BCUT2D eigenvalue weighted by atomic mass is 16.6. The Balaban J connectivity index is 0.000000518. The maximum absolute atomic E-state index is 4.81. The van der Waals surface area contributed by atoms with E-state index in [0.29, 0.717) is 16.2 Å². The largest absolute Gasteiger partial charge is 0.316 e. The van der Waals surface area contributed by atoms with Gasteiger partial charge >= 0.3 is 0 Å². The predicted octanol–water partition coefficient (Wildman–Crippen LogP) is 17.9. The number of nitrogens with one attached hydrogen (secondary N) is 3. The van der Waals surface area contributed by atoms with Crippen LogP contribution in [0, 0.1) is 16.2 Å². The molecule has 3 N–H and O–H groups in total. The molecule has 0 saturated carbocycles. The lowest BCUT2D eigenvalue weighted by Crippen LogP contribution is -2.19. The van der Waals surface area contributed by atoms with E-state index in [1.54, 1.807) is 23.8 Å². The molecule has 0 aliphatic heterocycles. The van der Waals surface area contributed by atoms with Gasteiger partial charge in [0.2, 0.25) is 0 Å². The Bertz CT molecular complexity index is 2050. The molecule has 0 bridgehead atoms. The summed E-state index contributed by atoms with van der Waals surface area (Å²) in [7, 11) is 3.59. The number of hydrogen-bond donors (Lipinski definition) is 3. The van der Waals surface area contributed by atoms with Crippen LogP contribution in [0.4, 0.5) is 0 Å². The fourth-order valence-electron chi connectivity index (χ4n) is 9.16. The minimum Gasteiger partial charge on any atom is -0.316 e. The minimum atomic E-state index is 0.308. The quantitative estimate of drug-likeness (QED) is 0.0610. The molecule has 3 aliphatic rings. The lowest BCUT2D eigenvalue weighted by atomic mass is 9.72. The Morgan fingerprint density at radius 2 is 0.826 bits per heavy atom. The van der Waals surface area contributed by atoms with Gasteiger partial charge in [0.05, 0.1) is 7.11 Å². The maximum atomic E-state index is 4.81. The Labute approximate surface area is 426 Å². The van der Waals surface area contributed by atoms with Gasteiger partial charge in [0, 0.05) is 19.6 Å². The highest BCUT2D eigenvalue weighted by Gasteiger charge is 2.28. The van der Waals surface area contributed by atoms with Gasteiger partial charge in [-0.3, -0.25) is 0 Å². The Kier molecular flexibility index (Phi) is 31.3. The van der Waals surface area contributed by atoms with Crippen LogP contribution in [0.1, 0.15) is 175 Å². The van der Waals surface area contributed by atoms with E-state index in [2.05, 4.69) is 236 Å². The molecule has 0 unspecified atom stereocenters. The van der Waals surface area contributed by atoms with Crippen LogP contribution in [0.15, 0.2) is 176 Å². The second-order valence-corrected chi connectivity index (χ2v) is 21.8. The van der Waals surface area contributed by atoms with Crippen molar-refractivity contribution in [2.75, 3.05) is 40.3 Å². The molecule has 0 aromatic heterocycles. The molecule has 0 atom stereocenters. The van der Waals surface area contributed by atoms with Crippen LogP contribution >= 0.6 is 0 Å². The molecule has 0 fully saturated rings. The summed E-state index contributed by atoms with van der Waals surface area (Å²) in [5, 5.41) is 6.52. The summed E-state index contributed by atoms with van der Waals surface area (Å²) in [4.78, 5) is 4.81. The van der Waals surface area contributed by atoms with E-state index in [4.69, 9.17) is 4.84 Å². The average molecular weight is 943 g/mol. The molecule has 0 aromatic rings. The van der Waals surface area contributed by atoms with Crippen LogP contribution in [0.3, 0.4) is 0 Å². The van der Waals surface area contributed by atoms with Crippen LogP contribution in [-0.4, -0.2) is 40.3 Å². The summed E-state index contributed by atoms with van der Waals surface area (Å²) in [6.07, 6.45) is 52.4. The van der Waals surface area contributed by atoms with Crippen molar-refractivity contribution in [1.29, 1.82) is 0 Å². The number of hydroxylamine groups is 1. The summed E-state index contributed by atoms with van der Waals surface area (Å²) in [6.45, 7) is 39.8. The summed E-state index contributed by atoms with van der Waals surface area (Å²) in [5.41, 5.74) is 20.7. The normalized spacial score (nSPS) is 20.1. The SMILES string of the molecule is CCCNC/C=C(C)/C=C/C=C(C)/C=C/C1=C(C)CCCC1(C)C.CNC/C=C(C)/C=C/C=C(C)/C=C/C1=C(C)CCCC1(C)C.CONC/C=C(C)/C=C/C=C(C)/C=C/C1=C(C)CCCC1(C)C. The zero-order chi connectivity index (χ0) is 51.9. The van der Waals surface area contributed by atoms with Crippen LogP contribution in [0.25, 0.3) is 0 Å². The number of hydrogen-bond acceptors (Lipinski definition) is 4. The molecule has 4 heteroatoms. The molecular weight excluding hydrogens is 839 g/mol. The third kappa shape index (κ3) is 27.2. The molecule has 0 aromatic carbocycles. The van der Waals surface area contributed by atoms with Crippen LogP contribution in [-0.2, 0) is 4.84 Å². The molecular formula is C65H103N3O. The minimum absolute atomic E-state index is 0.308. The third-order valence-electron chi connectivity index (χ3n) is 13.6. The Morgan fingerprint density at radius 1 is 0.493 bits per heavy atom. The number of likely N-dealkylation sites (N-methyl/N-ethyl adjacent to an activating group) is 1. The second kappa shape index (κ2) is 34.3. The summed E-state index contributed by atoms with van der Waals surface area (Å²) in [6, 6.07) is 0. The molecule has 0 amide bonds. The Morgan fingerprint density at radius 3 is 1.13 bits per heavy atom. The number of allylic oxidation sites excluding steroid dienone is 27. The van der Waals surface area contributed by atoms with Crippen molar-refractivity contribution >= 4 is 0 Å². The van der Waals surface area contributed by atoms with E-state index in [-0.39, 0.29) is 0 Å². The van der Waals surface area contributed by atoms with E-state index in [0.717, 1.165) is 26.2 Å². The maximum Gasteiger partial charge on any atom is 0.0572 e. The van der Waals surface area contributed by atoms with Gasteiger partial charge in [-0.05, 0) is 173 Å². The van der Waals surface area contributed by atoms with Gasteiger partial charge in [0.25, 0.3) is 0 Å². The molecule has 384 valence electrons. The summed E-state index contributed by atoms with van der Waals surface area (Å²) in [5.74, 6) is 0. The molecule has 0 saturated heterocycles. The highest BCUT2D eigenvalue weighted by molar-refractivity contribution is 5.40. The first-order valence-electron chi connectivity index (χ1n) is 26.4. The van der Waals surface area contributed by atoms with E-state index in [1.165, 1.54) is 114 Å². The average Bonchev–Trinajstić information content (AvgIpc) is 3.26. The smallest absolute Gasteiger partial charge is 0.0572 e. The van der Waals surface area contributed by atoms with E-state index < -0.39 is 0 Å². The molecule has 3 aliphatic carbocycles. The predicted molar refractivity (Wildman–Crippen MR) is 310 cm³/mol. The van der Waals surface area contributed by atoms with Crippen molar-refractivity contribution in [1.82, 2.24) is 16.1 Å². The standard InChI is InChI=1S/C23H37N.C21H33NO.C21H33N/c1-7-17-24-18-15-20(3)11-8-10-19(2)13-14-22-21(4)12-9-16-23(22,5)6;1-17(9-7-10-18(2)14-16-22-23-6)12-13-20-19(3)11-8-15-21(20,4)5;1-17(9-7-10-18(2)14-16-22-6)12-13-20-19(3)11-8-15-21(20,4)5/h8,10-11,13-15,24H,7,9,12,16-18H2,1-6H3;7,9-10,12-14,22H,8,11,15-16H2,1-6H3;7,9-10,12-14,22H,8,11,15-16H2,1-6H3/b11-8+,14-13+,19-10+,20-15+;2*10-7+,13-12+,17-9+,18-14+. The first-order chi connectivity index (χ1) is 32.6. The molecule has 69 heavy (non-hydrogen) atoms. The zero-order valence-corrected chi connectivity index (χ0v) is 47.7. The van der Waals surface area contributed by atoms with Gasteiger partial charge < -0.3 is 15.5 Å². The molecule has 0 spiro atoms. The van der Waals surface area contributed by atoms with Gasteiger partial charge in [-0.15, -0.1) is 0 Å². The van der Waals surface area contributed by atoms with Crippen molar-refractivity contribution < 1.29 is 4.84 Å². The molecule has 0 radical (unpaired) electrons. The zero-order valence-electron chi connectivity index (χ0n) is 47.7. The van der Waals surface area contributed by atoms with Crippen molar-refractivity contribution in [3.8, 4) is 0 Å². The highest BCUT2D eigenvalue weighted by Crippen LogP contribution is 2.43. The van der Waals surface area contributed by atoms with Crippen LogP contribution in [0.2, 0.25) is 0 Å². The summed E-state index contributed by atoms with van der Waals surface area (Å²) < 4.78 is 0. The van der Waals surface area contributed by atoms with Gasteiger partial charge in [0.15, 0.2) is 0 Å². The van der Waals surface area contributed by atoms with Gasteiger partial charge in [-0.2, -0.15) is 5.48 Å². The van der Waals surface area contributed by atoms with Crippen molar-refractivity contribution in [3.05, 3.63) is 176 Å². The van der Waals surface area contributed by atoms with Crippen LogP contribution < -0.4 is 16.1 Å². The third-order valence-corrected chi connectivity index (χ3v) is 13.6. The molecule has 4 nitrogen and oxygen atoms in total. The second-order valence-electron chi connectivity index (χ2n) is 21.8. The Hall–Kier alpha value is -4.06. The lowest BCUT2D eigenvalue weighted by molar-refractivity contribution is 0.101. The van der Waals surface area contributed by atoms with E-state index in [1.807, 2.05) is 7.05 Å². The lowest BCUT2D eigenvalue weighted by Gasteiger charge is -2.33. The van der Waals surface area contributed by atoms with E-state index in [9.17, 15) is 0 Å². The fraction of sp³-hybridized carbons (Fsp3) is 0.538. The fourth-order valence-corrected chi connectivity index (χ4v) is 9.16. The van der Waals surface area contributed by atoms with Gasteiger partial charge in [-0.1, -0.05) is 208 Å². The van der Waals surface area contributed by atoms with Gasteiger partial charge in [-0.25, -0.2) is 0 Å². The molecule has 3 rings (SSSR count). The van der Waals surface area contributed by atoms with Gasteiger partial charge in [0.1, 0.15) is 0 Å². The molecule has 0 heterocycles. The summed E-state index contributed by atoms with van der Waals surface area (Å²) >= 11 is 0. The first-order valence-corrected chi connectivity index (χ1v) is 26.4. The monoisotopic (exact) mass is 942 g/mol. The topological polar surface area (TPSA) is 45.3 Å². The number of rotatable bonds is 21. The first kappa shape index (κ1) is 63.0.